The number of nitrogens with zero attached hydrogens (tertiary/aromatic N) is 3. The van der Waals surface area contributed by atoms with Crippen molar-refractivity contribution in [2.45, 2.75) is 19.4 Å². The molecule has 0 amide bonds. The molecule has 0 bridgehead atoms. The summed E-state index contributed by atoms with van der Waals surface area (Å²) < 4.78 is 13.3. The third kappa shape index (κ3) is 4.31. The molecule has 3 heterocycles. The molecule has 2 aromatic carbocycles. The van der Waals surface area contributed by atoms with Crippen molar-refractivity contribution >= 4 is 22.8 Å². The van der Waals surface area contributed by atoms with Crippen LogP contribution in [0.15, 0.2) is 61.1 Å². The quantitative estimate of drug-likeness (QED) is 0.423. The van der Waals surface area contributed by atoms with E-state index in [1.165, 1.54) is 0 Å². The number of fused-ring (bicyclic) bond motifs is 2. The molecule has 5 rings (SSSR count). The van der Waals surface area contributed by atoms with E-state index >= 15 is 0 Å². The maximum Gasteiger partial charge on any atom is 0.180 e. The van der Waals surface area contributed by atoms with Gasteiger partial charge in [-0.05, 0) is 56.3 Å². The summed E-state index contributed by atoms with van der Waals surface area (Å²) >= 11 is 0. The first kappa shape index (κ1) is 20.1. The van der Waals surface area contributed by atoms with Crippen LogP contribution in [0.3, 0.4) is 0 Å². The number of hydrogen-bond donors (Lipinski definition) is 3. The Labute approximate surface area is 185 Å². The Morgan fingerprint density at radius 3 is 2.88 bits per heavy atom. The minimum Gasteiger partial charge on any atom is -0.491 e. The molecule has 0 radical (unpaired) electrons. The molecule has 4 aromatic rings. The van der Waals surface area contributed by atoms with Crippen LogP contribution in [0.4, 0.5) is 17.2 Å². The largest absolute Gasteiger partial charge is 0.491 e. The third-order valence-corrected chi connectivity index (χ3v) is 5.03. The summed E-state index contributed by atoms with van der Waals surface area (Å²) in [5.41, 5.74) is 3.48. The summed E-state index contributed by atoms with van der Waals surface area (Å²) in [6.45, 7) is 5.10. The lowest BCUT2D eigenvalue weighted by atomic mass is 10.1. The van der Waals surface area contributed by atoms with Crippen molar-refractivity contribution < 1.29 is 14.6 Å². The normalized spacial score (nSPS) is 13.2. The van der Waals surface area contributed by atoms with Crippen LogP contribution >= 0.6 is 0 Å². The van der Waals surface area contributed by atoms with Crippen LogP contribution in [0.2, 0.25) is 0 Å². The van der Waals surface area contributed by atoms with E-state index < -0.39 is 5.60 Å². The number of nitrogens with one attached hydrogen (secondary N) is 2. The van der Waals surface area contributed by atoms with E-state index in [1.807, 2.05) is 53.2 Å². The summed E-state index contributed by atoms with van der Waals surface area (Å²) in [7, 11) is 0. The van der Waals surface area contributed by atoms with Crippen molar-refractivity contribution in [1.29, 1.82) is 0 Å². The zero-order valence-electron chi connectivity index (χ0n) is 18.0. The highest BCUT2D eigenvalue weighted by molar-refractivity contribution is 5.76. The van der Waals surface area contributed by atoms with E-state index in [0.29, 0.717) is 18.2 Å². The van der Waals surface area contributed by atoms with Crippen molar-refractivity contribution in [3.8, 4) is 22.8 Å². The van der Waals surface area contributed by atoms with Crippen LogP contribution in [0, 0.1) is 0 Å². The van der Waals surface area contributed by atoms with Gasteiger partial charge in [-0.1, -0.05) is 0 Å². The number of aromatic nitrogens is 3. The highest BCUT2D eigenvalue weighted by Gasteiger charge is 2.15. The number of anilines is 3. The van der Waals surface area contributed by atoms with Crippen molar-refractivity contribution in [1.82, 2.24) is 14.4 Å². The Kier molecular flexibility index (Phi) is 5.07. The third-order valence-electron chi connectivity index (χ3n) is 5.03. The molecule has 1 aliphatic heterocycles. The maximum absolute atomic E-state index is 9.83. The zero-order valence-corrected chi connectivity index (χ0v) is 18.0. The Hall–Kier alpha value is -3.78. The van der Waals surface area contributed by atoms with E-state index in [0.717, 1.165) is 40.6 Å². The van der Waals surface area contributed by atoms with Gasteiger partial charge in [-0.15, -0.1) is 0 Å². The molecular weight excluding hydrogens is 406 g/mol. The van der Waals surface area contributed by atoms with Gasteiger partial charge in [0.2, 0.25) is 0 Å². The minimum absolute atomic E-state index is 0.221. The van der Waals surface area contributed by atoms with Crippen LogP contribution in [0.1, 0.15) is 13.8 Å². The Morgan fingerprint density at radius 1 is 1.22 bits per heavy atom. The second-order valence-corrected chi connectivity index (χ2v) is 8.37. The van der Waals surface area contributed by atoms with Crippen molar-refractivity contribution in [2.75, 3.05) is 30.4 Å². The van der Waals surface area contributed by atoms with Crippen molar-refractivity contribution in [3.05, 3.63) is 61.1 Å². The van der Waals surface area contributed by atoms with Crippen molar-refractivity contribution in [3.63, 3.8) is 0 Å². The predicted molar refractivity (Wildman–Crippen MR) is 124 cm³/mol. The lowest BCUT2D eigenvalue weighted by Gasteiger charge is -2.19. The second kappa shape index (κ2) is 8.05. The fraction of sp³-hybridized carbons (Fsp3) is 0.250. The van der Waals surface area contributed by atoms with Crippen LogP contribution in [-0.2, 0) is 0 Å². The van der Waals surface area contributed by atoms with Crippen LogP contribution < -0.4 is 20.1 Å². The lowest BCUT2D eigenvalue weighted by molar-refractivity contribution is 0.0285. The first-order chi connectivity index (χ1) is 15.4. The van der Waals surface area contributed by atoms with E-state index in [-0.39, 0.29) is 6.61 Å². The van der Waals surface area contributed by atoms with Crippen molar-refractivity contribution in [2.24, 2.45) is 0 Å². The zero-order chi connectivity index (χ0) is 22.1. The number of rotatable bonds is 6. The Morgan fingerprint density at radius 2 is 2.06 bits per heavy atom. The summed E-state index contributed by atoms with van der Waals surface area (Å²) in [5.74, 6) is 2.20. The molecule has 0 fully saturated rings. The molecule has 8 heteroatoms. The summed E-state index contributed by atoms with van der Waals surface area (Å²) in [6.07, 6.45) is 5.62. The topological polar surface area (TPSA) is 92.9 Å². The van der Waals surface area contributed by atoms with Crippen LogP contribution in [0.25, 0.3) is 16.9 Å². The summed E-state index contributed by atoms with van der Waals surface area (Å²) in [6, 6.07) is 13.6. The number of hydrogen-bond acceptors (Lipinski definition) is 7. The van der Waals surface area contributed by atoms with Gasteiger partial charge in [0, 0.05) is 36.4 Å². The van der Waals surface area contributed by atoms with E-state index in [2.05, 4.69) is 21.7 Å². The molecule has 164 valence electrons. The number of imidazole rings is 1. The number of ether oxygens (including phenoxy) is 2. The molecule has 32 heavy (non-hydrogen) atoms. The molecule has 1 aliphatic rings. The highest BCUT2D eigenvalue weighted by atomic mass is 16.5. The smallest absolute Gasteiger partial charge is 0.180 e. The molecule has 0 atom stereocenters. The molecule has 0 unspecified atom stereocenters. The highest BCUT2D eigenvalue weighted by Crippen LogP contribution is 2.33. The number of aliphatic hydroxyl groups is 1. The standard InChI is InChI=1S/C24H25N5O3/c1-24(2,30)15-32-18-6-4-17(5-7-18)27-22-23-26-9-11-29(23)14-20(28-22)16-3-8-21-19(13-16)25-10-12-31-21/h3-9,11,13-14,25,30H,10,12,15H2,1-2H3,(H,27,28). The minimum atomic E-state index is -0.883. The van der Waals surface area contributed by atoms with Gasteiger partial charge in [0.05, 0.1) is 17.0 Å². The van der Waals surface area contributed by atoms with E-state index in [1.54, 1.807) is 20.0 Å². The SMILES string of the molecule is CC(C)(O)COc1ccc(Nc2nc(-c3ccc4c(c3)NCCO4)cn3ccnc23)cc1. The van der Waals surface area contributed by atoms with E-state index in [4.69, 9.17) is 14.5 Å². The molecule has 3 N–H and O–H groups in total. The fourth-order valence-corrected chi connectivity index (χ4v) is 3.49. The summed E-state index contributed by atoms with van der Waals surface area (Å²) in [5, 5.41) is 16.6. The predicted octanol–water partition coefficient (Wildman–Crippen LogP) is 4.09. The summed E-state index contributed by atoms with van der Waals surface area (Å²) in [4.78, 5) is 9.30. The maximum atomic E-state index is 9.83. The lowest BCUT2D eigenvalue weighted by Crippen LogP contribution is -2.27. The van der Waals surface area contributed by atoms with Gasteiger partial charge in [-0.2, -0.15) is 0 Å². The average molecular weight is 431 g/mol. The Balaban J connectivity index is 1.43. The van der Waals surface area contributed by atoms with Gasteiger partial charge in [0.25, 0.3) is 0 Å². The van der Waals surface area contributed by atoms with Crippen LogP contribution in [0.5, 0.6) is 11.5 Å². The van der Waals surface area contributed by atoms with Gasteiger partial charge < -0.3 is 29.6 Å². The number of benzene rings is 2. The van der Waals surface area contributed by atoms with E-state index in [9.17, 15) is 5.11 Å². The monoisotopic (exact) mass is 431 g/mol. The molecule has 0 saturated heterocycles. The average Bonchev–Trinajstić information content (AvgIpc) is 3.27. The molecule has 0 spiro atoms. The fourth-order valence-electron chi connectivity index (χ4n) is 3.49. The molecule has 0 saturated carbocycles. The van der Waals surface area contributed by atoms with Gasteiger partial charge >= 0.3 is 0 Å². The van der Waals surface area contributed by atoms with Gasteiger partial charge in [-0.3, -0.25) is 0 Å². The molecule has 2 aromatic heterocycles. The Bertz CT molecular complexity index is 1240. The molecule has 8 nitrogen and oxygen atoms in total. The molecule has 0 aliphatic carbocycles. The van der Waals surface area contributed by atoms with Gasteiger partial charge in [0.1, 0.15) is 24.7 Å². The van der Waals surface area contributed by atoms with Gasteiger partial charge in [0.15, 0.2) is 11.5 Å². The van der Waals surface area contributed by atoms with Crippen LogP contribution in [-0.4, -0.2) is 44.8 Å². The first-order valence-corrected chi connectivity index (χ1v) is 10.5. The second-order valence-electron chi connectivity index (χ2n) is 8.37. The molecular formula is C24H25N5O3. The first-order valence-electron chi connectivity index (χ1n) is 10.5. The van der Waals surface area contributed by atoms with Gasteiger partial charge in [-0.25, -0.2) is 9.97 Å².